The molecule has 3 N–H and O–H groups in total. The SMILES string of the molecule is CC(C1CCN(c2ncc(Cl)c(Nc3ccc4c(c3)c3c(c(=O)n4C)OCC(F)(F)C(C4CC4)N3)n2)CC1)N1CCC(c2ccc3c(C4CCC(=O)NC4=O)nn(C)c3c2)CC1. The van der Waals surface area contributed by atoms with Crippen molar-refractivity contribution in [1.29, 1.82) is 0 Å². The van der Waals surface area contributed by atoms with Crippen LogP contribution in [0.5, 0.6) is 5.75 Å². The molecule has 0 radical (unpaired) electrons. The second-order valence-electron chi connectivity index (χ2n) is 18.0. The van der Waals surface area contributed by atoms with E-state index in [9.17, 15) is 14.4 Å². The number of anilines is 4. The smallest absolute Gasteiger partial charge is 0.301 e. The van der Waals surface area contributed by atoms with Crippen LogP contribution in [0.2, 0.25) is 5.02 Å². The first-order valence-corrected chi connectivity index (χ1v) is 22.2. The summed E-state index contributed by atoms with van der Waals surface area (Å²) < 4.78 is 39.2. The number of amides is 2. The van der Waals surface area contributed by atoms with Gasteiger partial charge in [-0.3, -0.25) is 24.4 Å². The molecule has 2 aromatic carbocycles. The van der Waals surface area contributed by atoms with E-state index < -0.39 is 30.0 Å². The van der Waals surface area contributed by atoms with Crippen molar-refractivity contribution >= 4 is 68.4 Å². The Bertz CT molecular complexity index is 2650. The number of benzene rings is 2. The maximum atomic E-state index is 15.2. The monoisotopic (exact) mass is 868 g/mol. The molecule has 17 heteroatoms. The standard InChI is InChI=1S/C45H51ClF2N10O4/c1-24(57-16-14-26(15-17-57)28-6-8-30-35(20-28)56(3)54-37(30)31-9-11-36(59)51-42(31)60)25-12-18-58(19-13-25)44-49-22-33(46)41(53-44)50-29-7-10-34-32(21-29)38-39(43(61)55(34)2)62-23-45(47,48)40(52-38)27-4-5-27/h6-8,10,20-22,24-27,31,40,52H,4-5,9,11-19,23H2,1-3H3,(H,49,50,53)(H,51,59,60). The lowest BCUT2D eigenvalue weighted by molar-refractivity contribution is -0.134. The number of hydrogen-bond donors (Lipinski definition) is 3. The highest BCUT2D eigenvalue weighted by Crippen LogP contribution is 2.46. The average molecular weight is 869 g/mol. The van der Waals surface area contributed by atoms with Crippen LogP contribution in [0.3, 0.4) is 0 Å². The third-order valence-corrected chi connectivity index (χ3v) is 14.4. The molecule has 0 spiro atoms. The Hall–Kier alpha value is -5.35. The molecule has 3 saturated heterocycles. The summed E-state index contributed by atoms with van der Waals surface area (Å²) in [6.45, 7) is 5.18. The molecule has 14 nitrogen and oxygen atoms in total. The maximum Gasteiger partial charge on any atom is 0.301 e. The highest BCUT2D eigenvalue weighted by Gasteiger charge is 2.51. The van der Waals surface area contributed by atoms with Gasteiger partial charge in [0.25, 0.3) is 5.56 Å². The summed E-state index contributed by atoms with van der Waals surface area (Å²) in [6.07, 6.45) is 7.97. The van der Waals surface area contributed by atoms with Gasteiger partial charge in [0.05, 0.1) is 40.6 Å². The number of pyridine rings is 1. The van der Waals surface area contributed by atoms with E-state index in [2.05, 4.69) is 55.9 Å². The Morgan fingerprint density at radius 1 is 0.935 bits per heavy atom. The molecule has 1 saturated carbocycles. The van der Waals surface area contributed by atoms with Gasteiger partial charge in [0.2, 0.25) is 23.5 Å². The summed E-state index contributed by atoms with van der Waals surface area (Å²) in [5.41, 5.74) is 4.07. The van der Waals surface area contributed by atoms with E-state index in [-0.39, 0.29) is 29.2 Å². The van der Waals surface area contributed by atoms with Crippen molar-refractivity contribution in [2.45, 2.75) is 88.1 Å². The molecule has 4 aliphatic heterocycles. The number of aromatic nitrogens is 5. The summed E-state index contributed by atoms with van der Waals surface area (Å²) in [4.78, 5) is 51.9. The number of carbonyl (C=O) groups excluding carboxylic acids is 2. The Morgan fingerprint density at radius 3 is 2.45 bits per heavy atom. The zero-order valence-electron chi connectivity index (χ0n) is 35.1. The minimum absolute atomic E-state index is 0.104. The van der Waals surface area contributed by atoms with Crippen molar-refractivity contribution in [2.75, 3.05) is 48.3 Å². The molecule has 1 aliphatic carbocycles. The summed E-state index contributed by atoms with van der Waals surface area (Å²) >= 11 is 6.65. The van der Waals surface area contributed by atoms with E-state index in [4.69, 9.17) is 26.4 Å². The zero-order valence-corrected chi connectivity index (χ0v) is 35.9. The Morgan fingerprint density at radius 2 is 1.71 bits per heavy atom. The number of aryl methyl sites for hydroxylation is 2. The fourth-order valence-corrected chi connectivity index (χ4v) is 10.4. The largest absolute Gasteiger partial charge is 0.480 e. The average Bonchev–Trinajstić information content (AvgIpc) is 4.08. The predicted octanol–water partition coefficient (Wildman–Crippen LogP) is 6.84. The zero-order chi connectivity index (χ0) is 43.0. The number of nitrogens with one attached hydrogen (secondary N) is 3. The fourth-order valence-electron chi connectivity index (χ4n) is 10.3. The van der Waals surface area contributed by atoms with Gasteiger partial charge in [-0.05, 0) is 113 Å². The van der Waals surface area contributed by atoms with Gasteiger partial charge < -0.3 is 29.7 Å². The number of halogens is 3. The number of carbonyl (C=O) groups is 2. The van der Waals surface area contributed by atoms with Crippen molar-refractivity contribution < 1.29 is 23.1 Å². The van der Waals surface area contributed by atoms with Crippen molar-refractivity contribution in [1.82, 2.24) is 34.5 Å². The highest BCUT2D eigenvalue weighted by molar-refractivity contribution is 6.33. The van der Waals surface area contributed by atoms with Gasteiger partial charge in [-0.1, -0.05) is 23.7 Å². The molecule has 3 atom stereocenters. The van der Waals surface area contributed by atoms with Crippen LogP contribution >= 0.6 is 11.6 Å². The van der Waals surface area contributed by atoms with E-state index in [0.717, 1.165) is 68.5 Å². The molecule has 2 amide bonds. The van der Waals surface area contributed by atoms with Gasteiger partial charge in [-0.15, -0.1) is 0 Å². The van der Waals surface area contributed by atoms with Crippen LogP contribution in [-0.4, -0.2) is 91.8 Å². The maximum absolute atomic E-state index is 15.2. The van der Waals surface area contributed by atoms with Gasteiger partial charge in [-0.2, -0.15) is 10.1 Å². The van der Waals surface area contributed by atoms with E-state index in [1.807, 2.05) is 23.9 Å². The quantitative estimate of drug-likeness (QED) is 0.141. The number of alkyl halides is 2. The normalized spacial score (nSPS) is 23.1. The lowest BCUT2D eigenvalue weighted by Gasteiger charge is -2.42. The third kappa shape index (κ3) is 7.41. The molecular formula is C45H51ClF2N10O4. The van der Waals surface area contributed by atoms with Gasteiger partial charge in [0.15, 0.2) is 12.4 Å². The van der Waals surface area contributed by atoms with Crippen LogP contribution < -0.4 is 31.1 Å². The van der Waals surface area contributed by atoms with Crippen LogP contribution in [0.1, 0.15) is 81.4 Å². The fraction of sp³-hybridized carbons (Fsp3) is 0.511. The molecule has 0 bridgehead atoms. The summed E-state index contributed by atoms with van der Waals surface area (Å²) in [5, 5.41) is 15.5. The van der Waals surface area contributed by atoms with E-state index in [0.29, 0.717) is 76.9 Å². The number of ether oxygens (including phenoxy) is 1. The molecule has 7 heterocycles. The first kappa shape index (κ1) is 40.7. The number of likely N-dealkylation sites (tertiary alicyclic amines) is 1. The molecular weight excluding hydrogens is 818 g/mol. The third-order valence-electron chi connectivity index (χ3n) is 14.2. The molecule has 3 aromatic heterocycles. The number of rotatable bonds is 8. The van der Waals surface area contributed by atoms with E-state index in [1.165, 1.54) is 10.1 Å². The second-order valence-corrected chi connectivity index (χ2v) is 18.4. The van der Waals surface area contributed by atoms with E-state index in [1.54, 1.807) is 19.3 Å². The molecule has 5 aromatic rings. The Labute approximate surface area is 362 Å². The number of imide groups is 1. The van der Waals surface area contributed by atoms with Gasteiger partial charge in [0.1, 0.15) is 5.02 Å². The minimum atomic E-state index is -3.13. The van der Waals surface area contributed by atoms with Crippen molar-refractivity contribution in [3.63, 3.8) is 0 Å². The minimum Gasteiger partial charge on any atom is -0.480 e. The Kier molecular flexibility index (Phi) is 10.4. The Balaban J connectivity index is 0.776. The van der Waals surface area contributed by atoms with Crippen LogP contribution in [0.4, 0.5) is 31.9 Å². The second kappa shape index (κ2) is 15.8. The first-order chi connectivity index (χ1) is 29.8. The van der Waals surface area contributed by atoms with Crippen molar-refractivity contribution in [3.8, 4) is 5.75 Å². The molecule has 10 rings (SSSR count). The number of hydrogen-bond acceptors (Lipinski definition) is 11. The van der Waals surface area contributed by atoms with Crippen LogP contribution in [0, 0.1) is 11.8 Å². The topological polar surface area (TPSA) is 152 Å². The molecule has 326 valence electrons. The number of nitrogens with zero attached hydrogens (tertiary/aromatic N) is 7. The predicted molar refractivity (Wildman–Crippen MR) is 234 cm³/mol. The molecule has 3 unspecified atom stereocenters. The van der Waals surface area contributed by atoms with Crippen molar-refractivity contribution in [2.24, 2.45) is 25.9 Å². The highest BCUT2D eigenvalue weighted by atomic mass is 35.5. The lowest BCUT2D eigenvalue weighted by atomic mass is 9.85. The van der Waals surface area contributed by atoms with Crippen LogP contribution in [0.25, 0.3) is 21.8 Å². The number of piperidine rings is 3. The molecule has 62 heavy (non-hydrogen) atoms. The molecule has 4 fully saturated rings. The number of fused-ring (bicyclic) bond motifs is 4. The van der Waals surface area contributed by atoms with Gasteiger partial charge >= 0.3 is 5.92 Å². The van der Waals surface area contributed by atoms with Crippen LogP contribution in [0.15, 0.2) is 47.4 Å². The lowest BCUT2D eigenvalue weighted by Crippen LogP contribution is -2.47. The summed E-state index contributed by atoms with van der Waals surface area (Å²) in [5.74, 6) is -2.33. The molecule has 5 aliphatic rings. The summed E-state index contributed by atoms with van der Waals surface area (Å²) in [7, 11) is 3.53. The van der Waals surface area contributed by atoms with Crippen molar-refractivity contribution in [3.05, 3.63) is 69.2 Å². The van der Waals surface area contributed by atoms with Gasteiger partial charge in [-0.25, -0.2) is 13.8 Å². The van der Waals surface area contributed by atoms with E-state index >= 15 is 8.78 Å². The summed E-state index contributed by atoms with van der Waals surface area (Å²) in [6, 6.07) is 11.3. The van der Waals surface area contributed by atoms with Crippen LogP contribution in [-0.2, 0) is 23.7 Å². The first-order valence-electron chi connectivity index (χ1n) is 21.9. The van der Waals surface area contributed by atoms with Gasteiger partial charge in [0, 0.05) is 56.1 Å².